The highest BCUT2D eigenvalue weighted by molar-refractivity contribution is 5.87. The van der Waals surface area contributed by atoms with E-state index in [-0.39, 0.29) is 0 Å². The van der Waals surface area contributed by atoms with Crippen LogP contribution in [0.25, 0.3) is 10.8 Å². The van der Waals surface area contributed by atoms with Crippen LogP contribution in [0.1, 0.15) is 31.7 Å². The van der Waals surface area contributed by atoms with Crippen LogP contribution in [-0.2, 0) is 6.42 Å². The van der Waals surface area contributed by atoms with E-state index in [2.05, 4.69) is 62.3 Å². The molecule has 2 aromatic carbocycles. The molecule has 0 bridgehead atoms. The number of benzene rings is 2. The molecule has 0 N–H and O–H groups in total. The van der Waals surface area contributed by atoms with Crippen LogP contribution in [-0.4, -0.2) is 32.1 Å². The standard InChI is InChI=1S/C19H27NO/c1-4-5-6-11-18-17-10-8-7-9-16(17)12-13-19(18)21-15-14-20(2)3/h7-10,12-13H,4-6,11,14-15H2,1-3H3. The number of fused-ring (bicyclic) bond motifs is 1. The molecule has 2 aromatic rings. The van der Waals surface area contributed by atoms with Gasteiger partial charge in [-0.05, 0) is 43.8 Å². The number of hydrogen-bond donors (Lipinski definition) is 0. The van der Waals surface area contributed by atoms with Crippen LogP contribution in [0.4, 0.5) is 0 Å². The predicted molar refractivity (Wildman–Crippen MR) is 91.2 cm³/mol. The second-order valence-corrected chi connectivity index (χ2v) is 5.87. The molecular weight excluding hydrogens is 258 g/mol. The van der Waals surface area contributed by atoms with E-state index < -0.39 is 0 Å². The van der Waals surface area contributed by atoms with Crippen molar-refractivity contribution in [2.75, 3.05) is 27.2 Å². The summed E-state index contributed by atoms with van der Waals surface area (Å²) in [5, 5.41) is 2.65. The number of aryl methyl sites for hydroxylation is 1. The van der Waals surface area contributed by atoms with Gasteiger partial charge in [0.25, 0.3) is 0 Å². The number of ether oxygens (including phenoxy) is 1. The molecule has 0 radical (unpaired) electrons. The smallest absolute Gasteiger partial charge is 0.123 e. The Hall–Kier alpha value is -1.54. The molecule has 0 aliphatic heterocycles. The summed E-state index contributed by atoms with van der Waals surface area (Å²) < 4.78 is 6.05. The third kappa shape index (κ3) is 4.47. The molecule has 21 heavy (non-hydrogen) atoms. The van der Waals surface area contributed by atoms with Gasteiger partial charge in [-0.25, -0.2) is 0 Å². The van der Waals surface area contributed by atoms with E-state index in [0.29, 0.717) is 0 Å². The lowest BCUT2D eigenvalue weighted by Crippen LogP contribution is -2.19. The first-order chi connectivity index (χ1) is 10.2. The van der Waals surface area contributed by atoms with Crippen molar-refractivity contribution in [3.8, 4) is 5.75 Å². The largest absolute Gasteiger partial charge is 0.492 e. The number of hydrogen-bond acceptors (Lipinski definition) is 2. The quantitative estimate of drug-likeness (QED) is 0.662. The van der Waals surface area contributed by atoms with E-state index in [4.69, 9.17) is 4.74 Å². The zero-order chi connectivity index (χ0) is 15.1. The molecule has 0 saturated carbocycles. The van der Waals surface area contributed by atoms with Gasteiger partial charge in [-0.3, -0.25) is 0 Å². The maximum atomic E-state index is 6.05. The Bertz CT molecular complexity index is 562. The highest BCUT2D eigenvalue weighted by Gasteiger charge is 2.08. The topological polar surface area (TPSA) is 12.5 Å². The molecule has 0 unspecified atom stereocenters. The van der Waals surface area contributed by atoms with Crippen LogP contribution >= 0.6 is 0 Å². The Kier molecular flexibility index (Phi) is 6.06. The van der Waals surface area contributed by atoms with E-state index in [9.17, 15) is 0 Å². The van der Waals surface area contributed by atoms with Crippen LogP contribution in [0, 0.1) is 0 Å². The van der Waals surface area contributed by atoms with Gasteiger partial charge in [-0.2, -0.15) is 0 Å². The van der Waals surface area contributed by atoms with Crippen molar-refractivity contribution in [1.82, 2.24) is 4.90 Å². The van der Waals surface area contributed by atoms with Crippen molar-refractivity contribution in [1.29, 1.82) is 0 Å². The van der Waals surface area contributed by atoms with Crippen LogP contribution in [0.15, 0.2) is 36.4 Å². The summed E-state index contributed by atoms with van der Waals surface area (Å²) >= 11 is 0. The second kappa shape index (κ2) is 8.04. The summed E-state index contributed by atoms with van der Waals surface area (Å²) in [6.07, 6.45) is 4.86. The van der Waals surface area contributed by atoms with Crippen molar-refractivity contribution in [3.05, 3.63) is 42.0 Å². The molecular formula is C19H27NO. The summed E-state index contributed by atoms with van der Waals surface area (Å²) in [7, 11) is 4.15. The SMILES string of the molecule is CCCCCc1c(OCCN(C)C)ccc2ccccc12. The molecule has 0 aromatic heterocycles. The van der Waals surface area contributed by atoms with Gasteiger partial charge in [-0.15, -0.1) is 0 Å². The van der Waals surface area contributed by atoms with Crippen LogP contribution in [0.3, 0.4) is 0 Å². The first kappa shape index (κ1) is 15.8. The number of likely N-dealkylation sites (N-methyl/N-ethyl adjacent to an activating group) is 1. The van der Waals surface area contributed by atoms with Gasteiger partial charge in [0.2, 0.25) is 0 Å². The maximum absolute atomic E-state index is 6.05. The number of rotatable bonds is 8. The predicted octanol–water partition coefficient (Wildman–Crippen LogP) is 4.51. The minimum absolute atomic E-state index is 0.742. The van der Waals surface area contributed by atoms with Crippen molar-refractivity contribution in [3.63, 3.8) is 0 Å². The average molecular weight is 285 g/mol. The molecule has 0 aliphatic carbocycles. The van der Waals surface area contributed by atoms with E-state index in [0.717, 1.165) is 25.3 Å². The summed E-state index contributed by atoms with van der Waals surface area (Å²) in [6.45, 7) is 3.94. The van der Waals surface area contributed by atoms with E-state index in [1.54, 1.807) is 0 Å². The Labute approximate surface area is 128 Å². The van der Waals surface area contributed by atoms with E-state index in [1.807, 2.05) is 0 Å². The van der Waals surface area contributed by atoms with Crippen molar-refractivity contribution in [2.45, 2.75) is 32.6 Å². The number of nitrogens with zero attached hydrogens (tertiary/aromatic N) is 1. The second-order valence-electron chi connectivity index (χ2n) is 5.87. The van der Waals surface area contributed by atoms with Crippen LogP contribution in [0.5, 0.6) is 5.75 Å². The molecule has 0 amide bonds. The minimum atomic E-state index is 0.742. The zero-order valence-electron chi connectivity index (χ0n) is 13.6. The molecule has 114 valence electrons. The molecule has 2 rings (SSSR count). The van der Waals surface area contributed by atoms with Gasteiger partial charge < -0.3 is 9.64 Å². The Morgan fingerprint density at radius 3 is 2.57 bits per heavy atom. The van der Waals surface area contributed by atoms with Crippen molar-refractivity contribution in [2.24, 2.45) is 0 Å². The maximum Gasteiger partial charge on any atom is 0.123 e. The van der Waals surface area contributed by atoms with Gasteiger partial charge >= 0.3 is 0 Å². The normalized spacial score (nSPS) is 11.2. The Morgan fingerprint density at radius 1 is 1.00 bits per heavy atom. The van der Waals surface area contributed by atoms with E-state index in [1.165, 1.54) is 35.6 Å². The third-order valence-corrected chi connectivity index (χ3v) is 3.82. The lowest BCUT2D eigenvalue weighted by molar-refractivity contribution is 0.259. The molecule has 0 saturated heterocycles. The van der Waals surface area contributed by atoms with Gasteiger partial charge in [0.1, 0.15) is 12.4 Å². The monoisotopic (exact) mass is 285 g/mol. The molecule has 0 atom stereocenters. The summed E-state index contributed by atoms with van der Waals surface area (Å²) in [6, 6.07) is 12.9. The molecule has 0 fully saturated rings. The molecule has 0 heterocycles. The Balaban J connectivity index is 2.22. The minimum Gasteiger partial charge on any atom is -0.492 e. The first-order valence-electron chi connectivity index (χ1n) is 8.00. The fraction of sp³-hybridized carbons (Fsp3) is 0.474. The van der Waals surface area contributed by atoms with Crippen LogP contribution < -0.4 is 4.74 Å². The van der Waals surface area contributed by atoms with E-state index >= 15 is 0 Å². The Morgan fingerprint density at radius 2 is 1.81 bits per heavy atom. The van der Waals surface area contributed by atoms with Gasteiger partial charge in [0.15, 0.2) is 0 Å². The third-order valence-electron chi connectivity index (χ3n) is 3.82. The average Bonchev–Trinajstić information content (AvgIpc) is 2.48. The summed E-state index contributed by atoms with van der Waals surface area (Å²) in [5.74, 6) is 1.06. The highest BCUT2D eigenvalue weighted by Crippen LogP contribution is 2.29. The fourth-order valence-electron chi connectivity index (χ4n) is 2.60. The van der Waals surface area contributed by atoms with Crippen molar-refractivity contribution >= 4 is 10.8 Å². The van der Waals surface area contributed by atoms with Gasteiger partial charge in [0, 0.05) is 12.1 Å². The molecule has 0 aliphatic rings. The summed E-state index contributed by atoms with van der Waals surface area (Å²) in [5.41, 5.74) is 1.38. The number of unbranched alkanes of at least 4 members (excludes halogenated alkanes) is 2. The lowest BCUT2D eigenvalue weighted by Gasteiger charge is -2.16. The highest BCUT2D eigenvalue weighted by atomic mass is 16.5. The lowest BCUT2D eigenvalue weighted by atomic mass is 9.98. The zero-order valence-corrected chi connectivity index (χ0v) is 13.6. The molecule has 2 heteroatoms. The van der Waals surface area contributed by atoms with Gasteiger partial charge in [-0.1, -0.05) is 50.1 Å². The van der Waals surface area contributed by atoms with Gasteiger partial charge in [0.05, 0.1) is 0 Å². The molecule has 0 spiro atoms. The molecule has 2 nitrogen and oxygen atoms in total. The summed E-state index contributed by atoms with van der Waals surface area (Å²) in [4.78, 5) is 2.15. The van der Waals surface area contributed by atoms with Crippen LogP contribution in [0.2, 0.25) is 0 Å². The first-order valence-corrected chi connectivity index (χ1v) is 8.00. The fourth-order valence-corrected chi connectivity index (χ4v) is 2.60. The van der Waals surface area contributed by atoms with Crippen molar-refractivity contribution < 1.29 is 4.74 Å².